The molecule has 1 saturated heterocycles. The molecule has 2 aliphatic rings. The zero-order valence-corrected chi connectivity index (χ0v) is 12.5. The highest BCUT2D eigenvalue weighted by atomic mass is 32.1. The third-order valence-corrected chi connectivity index (χ3v) is 5.31. The highest BCUT2D eigenvalue weighted by molar-refractivity contribution is 7.09. The number of nitrogens with zero attached hydrogens (tertiary/aromatic N) is 2. The topological polar surface area (TPSA) is 27.6 Å². The van der Waals surface area contributed by atoms with Crippen LogP contribution in [0.25, 0.3) is 0 Å². The van der Waals surface area contributed by atoms with Crippen molar-refractivity contribution in [1.29, 1.82) is 0 Å². The first-order valence-electron chi connectivity index (χ1n) is 7.37. The van der Waals surface area contributed by atoms with Crippen molar-refractivity contribution in [2.24, 2.45) is 10.4 Å². The van der Waals surface area contributed by atoms with E-state index in [0.717, 1.165) is 19.0 Å². The Labute approximate surface area is 119 Å². The number of rotatable bonds is 3. The molecule has 1 aliphatic carbocycles. The van der Waals surface area contributed by atoms with Crippen molar-refractivity contribution in [2.45, 2.75) is 39.2 Å². The van der Waals surface area contributed by atoms with Gasteiger partial charge in [0.25, 0.3) is 0 Å². The first kappa shape index (κ1) is 13.0. The molecule has 1 N–H and O–H groups in total. The van der Waals surface area contributed by atoms with Crippen LogP contribution in [-0.2, 0) is 6.54 Å². The lowest BCUT2D eigenvalue weighted by Crippen LogP contribution is -2.42. The Hall–Kier alpha value is -1.03. The summed E-state index contributed by atoms with van der Waals surface area (Å²) in [5, 5.41) is 5.58. The molecule has 1 saturated carbocycles. The maximum absolute atomic E-state index is 4.80. The average Bonchev–Trinajstić information content (AvgIpc) is 3.02. The van der Waals surface area contributed by atoms with E-state index in [0.29, 0.717) is 5.41 Å². The summed E-state index contributed by atoms with van der Waals surface area (Å²) in [6.07, 6.45) is 5.63. The summed E-state index contributed by atoms with van der Waals surface area (Å²) >= 11 is 1.79. The third kappa shape index (κ3) is 2.78. The number of likely N-dealkylation sites (tertiary alicyclic amines) is 1. The molecule has 4 heteroatoms. The predicted octanol–water partition coefficient (Wildman–Crippen LogP) is 3.09. The van der Waals surface area contributed by atoms with Gasteiger partial charge >= 0.3 is 0 Å². The van der Waals surface area contributed by atoms with Crippen molar-refractivity contribution in [3.05, 3.63) is 22.4 Å². The normalized spacial score (nSPS) is 21.7. The highest BCUT2D eigenvalue weighted by Gasteiger charge is 2.43. The minimum atomic E-state index is 0.638. The smallest absolute Gasteiger partial charge is 0.194 e. The molecule has 1 aliphatic heterocycles. The van der Waals surface area contributed by atoms with E-state index in [1.165, 1.54) is 43.6 Å². The second-order valence-corrected chi connectivity index (χ2v) is 6.81. The number of hydrogen-bond donors (Lipinski definition) is 1. The van der Waals surface area contributed by atoms with Crippen LogP contribution in [0.3, 0.4) is 0 Å². The fraction of sp³-hybridized carbons (Fsp3) is 0.667. The van der Waals surface area contributed by atoms with Crippen molar-refractivity contribution < 1.29 is 0 Å². The molecule has 3 nitrogen and oxygen atoms in total. The molecule has 2 fully saturated rings. The molecule has 19 heavy (non-hydrogen) atoms. The van der Waals surface area contributed by atoms with E-state index in [1.54, 1.807) is 11.3 Å². The van der Waals surface area contributed by atoms with E-state index < -0.39 is 0 Å². The molecule has 3 rings (SSSR count). The van der Waals surface area contributed by atoms with E-state index in [9.17, 15) is 0 Å². The SMILES string of the molecule is CCNC(=NCc1cccs1)N1CCC2(CCC2)C1. The Bertz CT molecular complexity index is 434. The van der Waals surface area contributed by atoms with Gasteiger partial charge in [-0.15, -0.1) is 11.3 Å². The third-order valence-electron chi connectivity index (χ3n) is 4.45. The summed E-state index contributed by atoms with van der Waals surface area (Å²) in [5.41, 5.74) is 0.638. The van der Waals surface area contributed by atoms with Crippen LogP contribution >= 0.6 is 11.3 Å². The zero-order chi connectivity index (χ0) is 13.1. The summed E-state index contributed by atoms with van der Waals surface area (Å²) in [4.78, 5) is 8.61. The number of nitrogens with one attached hydrogen (secondary N) is 1. The van der Waals surface area contributed by atoms with Crippen molar-refractivity contribution in [3.8, 4) is 0 Å². The van der Waals surface area contributed by atoms with Crippen LogP contribution < -0.4 is 5.32 Å². The standard InChI is InChI=1S/C15H23N3S/c1-2-16-14(17-11-13-5-3-10-19-13)18-9-8-15(12-18)6-4-7-15/h3,5,10H,2,4,6-9,11-12H2,1H3,(H,16,17). The second-order valence-electron chi connectivity index (χ2n) is 5.77. The van der Waals surface area contributed by atoms with E-state index in [-0.39, 0.29) is 0 Å². The van der Waals surface area contributed by atoms with Gasteiger partial charge in [0, 0.05) is 24.5 Å². The van der Waals surface area contributed by atoms with Crippen molar-refractivity contribution in [1.82, 2.24) is 10.2 Å². The average molecular weight is 277 g/mol. The Kier molecular flexibility index (Phi) is 3.78. The van der Waals surface area contributed by atoms with Crippen LogP contribution in [0.5, 0.6) is 0 Å². The van der Waals surface area contributed by atoms with E-state index in [1.807, 2.05) is 0 Å². The fourth-order valence-electron chi connectivity index (χ4n) is 3.18. The van der Waals surface area contributed by atoms with Gasteiger partial charge in [-0.05, 0) is 43.0 Å². The van der Waals surface area contributed by atoms with Crippen LogP contribution in [0.2, 0.25) is 0 Å². The Morgan fingerprint density at radius 1 is 1.47 bits per heavy atom. The number of thiophene rings is 1. The molecule has 0 unspecified atom stereocenters. The van der Waals surface area contributed by atoms with Gasteiger partial charge in [-0.2, -0.15) is 0 Å². The molecule has 1 aromatic rings. The van der Waals surface area contributed by atoms with Crippen LogP contribution in [0.1, 0.15) is 37.5 Å². The summed E-state index contributed by atoms with van der Waals surface area (Å²) in [6, 6.07) is 4.26. The minimum Gasteiger partial charge on any atom is -0.357 e. The summed E-state index contributed by atoms with van der Waals surface area (Å²) < 4.78 is 0. The van der Waals surface area contributed by atoms with E-state index >= 15 is 0 Å². The van der Waals surface area contributed by atoms with Crippen LogP contribution in [0, 0.1) is 5.41 Å². The van der Waals surface area contributed by atoms with Gasteiger partial charge < -0.3 is 10.2 Å². The molecule has 0 aromatic carbocycles. The molecule has 1 spiro atoms. The van der Waals surface area contributed by atoms with Crippen molar-refractivity contribution in [2.75, 3.05) is 19.6 Å². The van der Waals surface area contributed by atoms with Crippen LogP contribution in [0.4, 0.5) is 0 Å². The maximum atomic E-state index is 4.80. The van der Waals surface area contributed by atoms with Gasteiger partial charge in [-0.25, -0.2) is 4.99 Å². The Morgan fingerprint density at radius 3 is 2.95 bits per heavy atom. The maximum Gasteiger partial charge on any atom is 0.194 e. The lowest BCUT2D eigenvalue weighted by Gasteiger charge is -2.38. The Balaban J connectivity index is 1.65. The zero-order valence-electron chi connectivity index (χ0n) is 11.7. The van der Waals surface area contributed by atoms with Gasteiger partial charge in [-0.1, -0.05) is 12.5 Å². The lowest BCUT2D eigenvalue weighted by atomic mass is 9.68. The van der Waals surface area contributed by atoms with Crippen LogP contribution in [0.15, 0.2) is 22.5 Å². The molecule has 0 bridgehead atoms. The van der Waals surface area contributed by atoms with Crippen molar-refractivity contribution in [3.63, 3.8) is 0 Å². The number of aliphatic imine (C=N–C) groups is 1. The molecule has 2 heterocycles. The van der Waals surface area contributed by atoms with Crippen LogP contribution in [-0.4, -0.2) is 30.5 Å². The van der Waals surface area contributed by atoms with Crippen molar-refractivity contribution >= 4 is 17.3 Å². The molecule has 0 radical (unpaired) electrons. The predicted molar refractivity (Wildman–Crippen MR) is 81.6 cm³/mol. The van der Waals surface area contributed by atoms with Gasteiger partial charge in [0.1, 0.15) is 0 Å². The molecule has 104 valence electrons. The van der Waals surface area contributed by atoms with E-state index in [2.05, 4.69) is 34.7 Å². The van der Waals surface area contributed by atoms with E-state index in [4.69, 9.17) is 4.99 Å². The minimum absolute atomic E-state index is 0.638. The highest BCUT2D eigenvalue weighted by Crippen LogP contribution is 2.47. The summed E-state index contributed by atoms with van der Waals surface area (Å²) in [7, 11) is 0. The first-order chi connectivity index (χ1) is 9.31. The number of hydrogen-bond acceptors (Lipinski definition) is 2. The monoisotopic (exact) mass is 277 g/mol. The fourth-order valence-corrected chi connectivity index (χ4v) is 3.81. The largest absolute Gasteiger partial charge is 0.357 e. The van der Waals surface area contributed by atoms with Gasteiger partial charge in [0.2, 0.25) is 0 Å². The second kappa shape index (κ2) is 5.53. The molecule has 0 amide bonds. The molecule has 0 atom stereocenters. The first-order valence-corrected chi connectivity index (χ1v) is 8.25. The summed E-state index contributed by atoms with van der Waals surface area (Å²) in [6.45, 7) is 6.30. The molecule has 1 aromatic heterocycles. The molecular formula is C15H23N3S. The summed E-state index contributed by atoms with van der Waals surface area (Å²) in [5.74, 6) is 1.11. The van der Waals surface area contributed by atoms with Gasteiger partial charge in [-0.3, -0.25) is 0 Å². The van der Waals surface area contributed by atoms with Gasteiger partial charge in [0.05, 0.1) is 6.54 Å². The quantitative estimate of drug-likeness (QED) is 0.679. The number of guanidine groups is 1. The lowest BCUT2D eigenvalue weighted by molar-refractivity contribution is 0.151. The molecular weight excluding hydrogens is 254 g/mol. The van der Waals surface area contributed by atoms with Gasteiger partial charge in [0.15, 0.2) is 5.96 Å². The Morgan fingerprint density at radius 2 is 2.37 bits per heavy atom.